The summed E-state index contributed by atoms with van der Waals surface area (Å²) in [5.74, 6) is 0.919. The Morgan fingerprint density at radius 1 is 1.44 bits per heavy atom. The molecule has 0 aliphatic rings. The van der Waals surface area contributed by atoms with Gasteiger partial charge in [-0.15, -0.1) is 11.3 Å². The van der Waals surface area contributed by atoms with Crippen LogP contribution in [0.1, 0.15) is 0 Å². The van der Waals surface area contributed by atoms with Crippen LogP contribution >= 0.6 is 27.3 Å². The Hall–Kier alpha value is -0.720. The first-order valence-electron chi connectivity index (χ1n) is 4.95. The van der Waals surface area contributed by atoms with E-state index in [4.69, 9.17) is 0 Å². The molecule has 0 fully saturated rings. The predicted molar refractivity (Wildman–Crippen MR) is 72.2 cm³/mol. The van der Waals surface area contributed by atoms with Crippen LogP contribution in [-0.4, -0.2) is 42.1 Å². The maximum atomic E-state index is 4.27. The predicted octanol–water partition coefficient (Wildman–Crippen LogP) is 2.43. The van der Waals surface area contributed by atoms with E-state index >= 15 is 0 Å². The molecular weight excluding hydrogens is 288 g/mol. The van der Waals surface area contributed by atoms with Crippen LogP contribution in [0.25, 0.3) is 10.2 Å². The number of nitrogens with zero attached hydrogens (tertiary/aromatic N) is 3. The van der Waals surface area contributed by atoms with Crippen molar-refractivity contribution >= 4 is 43.3 Å². The molecule has 0 spiro atoms. The molecule has 0 atom stereocenters. The van der Waals surface area contributed by atoms with E-state index in [1.165, 1.54) is 0 Å². The Kier molecular flexibility index (Phi) is 3.73. The number of thiophene rings is 1. The van der Waals surface area contributed by atoms with Gasteiger partial charge in [0, 0.05) is 13.1 Å². The molecule has 2 aromatic rings. The van der Waals surface area contributed by atoms with Gasteiger partial charge in [-0.25, -0.2) is 9.97 Å². The molecule has 2 rings (SSSR count). The lowest BCUT2D eigenvalue weighted by atomic mass is 10.4. The second-order valence-electron chi connectivity index (χ2n) is 3.72. The van der Waals surface area contributed by atoms with Crippen molar-refractivity contribution in [1.29, 1.82) is 0 Å². The van der Waals surface area contributed by atoms with Gasteiger partial charge in [-0.2, -0.15) is 0 Å². The summed E-state index contributed by atoms with van der Waals surface area (Å²) in [5.41, 5.74) is 0.985. The molecule has 0 saturated carbocycles. The Labute approximate surface area is 107 Å². The van der Waals surface area contributed by atoms with Gasteiger partial charge in [0.1, 0.15) is 12.1 Å². The fraction of sp³-hybridized carbons (Fsp3) is 0.400. The average Bonchev–Trinajstić information content (AvgIpc) is 2.58. The number of halogens is 1. The number of anilines is 1. The van der Waals surface area contributed by atoms with Gasteiger partial charge < -0.3 is 10.2 Å². The molecule has 16 heavy (non-hydrogen) atoms. The zero-order valence-corrected chi connectivity index (χ0v) is 11.6. The third-order valence-corrected chi connectivity index (χ3v) is 3.77. The number of likely N-dealkylation sites (N-methyl/N-ethyl adjacent to an activating group) is 1. The second kappa shape index (κ2) is 5.07. The molecule has 0 radical (unpaired) electrons. The molecule has 1 N–H and O–H groups in total. The number of rotatable bonds is 4. The number of aromatic nitrogens is 2. The quantitative estimate of drug-likeness (QED) is 0.941. The van der Waals surface area contributed by atoms with Gasteiger partial charge in [-0.05, 0) is 36.1 Å². The zero-order chi connectivity index (χ0) is 11.5. The minimum absolute atomic E-state index is 0.884. The lowest BCUT2D eigenvalue weighted by molar-refractivity contribution is 0.425. The Bertz CT molecular complexity index is 483. The van der Waals surface area contributed by atoms with Crippen molar-refractivity contribution in [2.24, 2.45) is 0 Å². The molecule has 0 saturated heterocycles. The molecule has 0 aliphatic carbocycles. The van der Waals surface area contributed by atoms with E-state index in [2.05, 4.69) is 50.2 Å². The summed E-state index contributed by atoms with van der Waals surface area (Å²) < 4.78 is 2.19. The number of fused-ring (bicyclic) bond motifs is 1. The van der Waals surface area contributed by atoms with Crippen molar-refractivity contribution < 1.29 is 0 Å². The van der Waals surface area contributed by atoms with Crippen LogP contribution < -0.4 is 5.32 Å². The van der Waals surface area contributed by atoms with Crippen LogP contribution in [0, 0.1) is 0 Å². The first kappa shape index (κ1) is 11.8. The van der Waals surface area contributed by atoms with Gasteiger partial charge in [0.25, 0.3) is 0 Å². The average molecular weight is 301 g/mol. The van der Waals surface area contributed by atoms with E-state index in [-0.39, 0.29) is 0 Å². The highest BCUT2D eigenvalue weighted by atomic mass is 79.9. The smallest absolute Gasteiger partial charge is 0.147 e. The third-order valence-electron chi connectivity index (χ3n) is 2.13. The molecule has 4 nitrogen and oxygen atoms in total. The maximum absolute atomic E-state index is 4.27. The minimum atomic E-state index is 0.884. The summed E-state index contributed by atoms with van der Waals surface area (Å²) in [7, 11) is 4.11. The largest absolute Gasteiger partial charge is 0.367 e. The Morgan fingerprint density at radius 2 is 2.25 bits per heavy atom. The molecule has 6 heteroatoms. The third kappa shape index (κ3) is 2.69. The van der Waals surface area contributed by atoms with Crippen molar-refractivity contribution in [3.05, 3.63) is 16.2 Å². The number of nitrogens with one attached hydrogen (secondary N) is 1. The Balaban J connectivity index is 2.17. The summed E-state index contributed by atoms with van der Waals surface area (Å²) in [6.07, 6.45) is 1.60. The van der Waals surface area contributed by atoms with Gasteiger partial charge in [0.2, 0.25) is 0 Å². The van der Waals surface area contributed by atoms with E-state index in [9.17, 15) is 0 Å². The van der Waals surface area contributed by atoms with Gasteiger partial charge in [-0.3, -0.25) is 0 Å². The van der Waals surface area contributed by atoms with E-state index in [0.29, 0.717) is 0 Å². The number of hydrogen-bond donors (Lipinski definition) is 1. The monoisotopic (exact) mass is 300 g/mol. The van der Waals surface area contributed by atoms with Gasteiger partial charge >= 0.3 is 0 Å². The summed E-state index contributed by atoms with van der Waals surface area (Å²) in [4.78, 5) is 10.6. The van der Waals surface area contributed by atoms with E-state index in [1.54, 1.807) is 17.7 Å². The van der Waals surface area contributed by atoms with Crippen molar-refractivity contribution in [3.63, 3.8) is 0 Å². The standard InChI is InChI=1S/C10H13BrN4S/c1-15(2)4-3-12-10-9-7(13-6-14-10)5-8(11)16-9/h5-6H,3-4H2,1-2H3,(H,12,13,14). The topological polar surface area (TPSA) is 41.0 Å². The lowest BCUT2D eigenvalue weighted by Gasteiger charge is -2.10. The molecule has 2 heterocycles. The highest BCUT2D eigenvalue weighted by molar-refractivity contribution is 9.11. The van der Waals surface area contributed by atoms with Crippen molar-refractivity contribution in [1.82, 2.24) is 14.9 Å². The normalized spacial score (nSPS) is 11.2. The lowest BCUT2D eigenvalue weighted by Crippen LogP contribution is -2.21. The molecular formula is C10H13BrN4S. The Morgan fingerprint density at radius 3 is 3.00 bits per heavy atom. The molecule has 0 amide bonds. The van der Waals surface area contributed by atoms with Crippen LogP contribution in [-0.2, 0) is 0 Å². The van der Waals surface area contributed by atoms with Crippen LogP contribution in [0.2, 0.25) is 0 Å². The minimum Gasteiger partial charge on any atom is -0.367 e. The summed E-state index contributed by atoms with van der Waals surface area (Å²) >= 11 is 5.12. The van der Waals surface area contributed by atoms with E-state index in [0.717, 1.165) is 32.9 Å². The fourth-order valence-electron chi connectivity index (χ4n) is 1.35. The van der Waals surface area contributed by atoms with E-state index < -0.39 is 0 Å². The summed E-state index contributed by atoms with van der Waals surface area (Å²) in [6.45, 7) is 1.87. The highest BCUT2D eigenvalue weighted by Gasteiger charge is 2.06. The van der Waals surface area contributed by atoms with Crippen molar-refractivity contribution in [2.45, 2.75) is 0 Å². The second-order valence-corrected chi connectivity index (χ2v) is 6.15. The fourth-order valence-corrected chi connectivity index (χ4v) is 2.85. The first-order valence-corrected chi connectivity index (χ1v) is 6.56. The van der Waals surface area contributed by atoms with Gasteiger partial charge in [0.05, 0.1) is 14.0 Å². The molecule has 0 aliphatic heterocycles. The van der Waals surface area contributed by atoms with Crippen LogP contribution in [0.3, 0.4) is 0 Å². The molecule has 0 unspecified atom stereocenters. The highest BCUT2D eigenvalue weighted by Crippen LogP contribution is 2.32. The van der Waals surface area contributed by atoms with Crippen LogP contribution in [0.15, 0.2) is 16.2 Å². The van der Waals surface area contributed by atoms with Gasteiger partial charge in [-0.1, -0.05) is 0 Å². The molecule has 0 bridgehead atoms. The van der Waals surface area contributed by atoms with Crippen molar-refractivity contribution in [3.8, 4) is 0 Å². The first-order chi connectivity index (χ1) is 7.66. The van der Waals surface area contributed by atoms with Gasteiger partial charge in [0.15, 0.2) is 0 Å². The van der Waals surface area contributed by atoms with Crippen LogP contribution in [0.4, 0.5) is 5.82 Å². The molecule has 2 aromatic heterocycles. The van der Waals surface area contributed by atoms with Crippen molar-refractivity contribution in [2.75, 3.05) is 32.5 Å². The van der Waals surface area contributed by atoms with Crippen LogP contribution in [0.5, 0.6) is 0 Å². The molecule has 86 valence electrons. The summed E-state index contributed by atoms with van der Waals surface area (Å²) in [5, 5.41) is 3.33. The summed E-state index contributed by atoms with van der Waals surface area (Å²) in [6, 6.07) is 2.01. The van der Waals surface area contributed by atoms with E-state index in [1.807, 2.05) is 6.07 Å². The SMILES string of the molecule is CN(C)CCNc1ncnc2cc(Br)sc12. The molecule has 0 aromatic carbocycles. The maximum Gasteiger partial charge on any atom is 0.147 e. The zero-order valence-electron chi connectivity index (χ0n) is 9.20. The number of hydrogen-bond acceptors (Lipinski definition) is 5.